The maximum absolute atomic E-state index is 11.5. The molecule has 100 valence electrons. The summed E-state index contributed by atoms with van der Waals surface area (Å²) in [5.41, 5.74) is 5.82. The van der Waals surface area contributed by atoms with E-state index >= 15 is 0 Å². The zero-order chi connectivity index (χ0) is 12.9. The average molecular weight is 240 g/mol. The lowest BCUT2D eigenvalue weighted by Crippen LogP contribution is -2.40. The highest BCUT2D eigenvalue weighted by Crippen LogP contribution is 2.40. The first kappa shape index (κ1) is 14.5. The number of hydrogen-bond acceptors (Lipinski definition) is 2. The number of carbonyl (C=O) groups is 1. The third kappa shape index (κ3) is 4.30. The van der Waals surface area contributed by atoms with Crippen molar-refractivity contribution in [2.24, 2.45) is 17.1 Å². The fourth-order valence-electron chi connectivity index (χ4n) is 2.74. The van der Waals surface area contributed by atoms with Gasteiger partial charge in [0, 0.05) is 19.0 Å². The third-order valence-corrected chi connectivity index (χ3v) is 4.48. The highest BCUT2D eigenvalue weighted by atomic mass is 16.1. The van der Waals surface area contributed by atoms with Crippen LogP contribution in [0.1, 0.15) is 59.3 Å². The normalized spacial score (nSPS) is 25.6. The molecule has 1 saturated carbocycles. The molecule has 1 aliphatic rings. The minimum absolute atomic E-state index is 0.116. The number of hydrogen-bond donors (Lipinski definition) is 2. The molecule has 0 heterocycles. The molecular formula is C14H28N2O. The molecule has 1 amide bonds. The van der Waals surface area contributed by atoms with Crippen molar-refractivity contribution in [3.05, 3.63) is 0 Å². The predicted molar refractivity (Wildman–Crippen MR) is 71.6 cm³/mol. The van der Waals surface area contributed by atoms with Crippen LogP contribution in [0.5, 0.6) is 0 Å². The van der Waals surface area contributed by atoms with Gasteiger partial charge in [-0.1, -0.05) is 27.2 Å². The van der Waals surface area contributed by atoms with Crippen molar-refractivity contribution in [2.45, 2.75) is 65.3 Å². The van der Waals surface area contributed by atoms with E-state index in [1.165, 1.54) is 19.3 Å². The SMILES string of the molecule is CCC(C)(C)C1CCC(NC(=O)CCN)CC1. The van der Waals surface area contributed by atoms with Gasteiger partial charge in [0.15, 0.2) is 0 Å². The topological polar surface area (TPSA) is 55.1 Å². The monoisotopic (exact) mass is 240 g/mol. The van der Waals surface area contributed by atoms with Gasteiger partial charge in [0.05, 0.1) is 0 Å². The minimum atomic E-state index is 0.116. The van der Waals surface area contributed by atoms with Crippen LogP contribution in [0.15, 0.2) is 0 Å². The van der Waals surface area contributed by atoms with E-state index in [1.807, 2.05) is 0 Å². The molecule has 0 atom stereocenters. The quantitative estimate of drug-likeness (QED) is 0.775. The van der Waals surface area contributed by atoms with Crippen LogP contribution in [-0.4, -0.2) is 18.5 Å². The van der Waals surface area contributed by atoms with Crippen LogP contribution in [0.3, 0.4) is 0 Å². The van der Waals surface area contributed by atoms with Gasteiger partial charge < -0.3 is 11.1 Å². The van der Waals surface area contributed by atoms with Crippen molar-refractivity contribution in [3.63, 3.8) is 0 Å². The van der Waals surface area contributed by atoms with Crippen LogP contribution in [0.4, 0.5) is 0 Å². The Kier molecular flexibility index (Phi) is 5.44. The first-order chi connectivity index (χ1) is 7.99. The van der Waals surface area contributed by atoms with Crippen molar-refractivity contribution in [3.8, 4) is 0 Å². The van der Waals surface area contributed by atoms with Gasteiger partial charge in [0.2, 0.25) is 5.91 Å². The van der Waals surface area contributed by atoms with E-state index in [2.05, 4.69) is 26.1 Å². The molecule has 0 saturated heterocycles. The molecule has 1 fully saturated rings. The predicted octanol–water partition coefficient (Wildman–Crippen LogP) is 2.45. The third-order valence-electron chi connectivity index (χ3n) is 4.48. The van der Waals surface area contributed by atoms with Crippen LogP contribution in [0, 0.1) is 11.3 Å². The van der Waals surface area contributed by atoms with Gasteiger partial charge in [-0.15, -0.1) is 0 Å². The van der Waals surface area contributed by atoms with Gasteiger partial charge in [-0.2, -0.15) is 0 Å². The molecule has 3 heteroatoms. The number of amides is 1. The molecule has 0 radical (unpaired) electrons. The van der Waals surface area contributed by atoms with E-state index < -0.39 is 0 Å². The van der Waals surface area contributed by atoms with Gasteiger partial charge in [-0.3, -0.25) is 4.79 Å². The standard InChI is InChI=1S/C14H28N2O/c1-4-14(2,3)11-5-7-12(8-6-11)16-13(17)9-10-15/h11-12H,4-10,15H2,1-3H3,(H,16,17). The number of nitrogens with one attached hydrogen (secondary N) is 1. The molecule has 0 aromatic rings. The lowest BCUT2D eigenvalue weighted by atomic mass is 9.69. The van der Waals surface area contributed by atoms with Gasteiger partial charge in [0.1, 0.15) is 0 Å². The fraction of sp³-hybridized carbons (Fsp3) is 0.929. The summed E-state index contributed by atoms with van der Waals surface area (Å²) in [6.45, 7) is 7.45. The Morgan fingerprint density at radius 3 is 2.35 bits per heavy atom. The summed E-state index contributed by atoms with van der Waals surface area (Å²) in [6.07, 6.45) is 6.44. The van der Waals surface area contributed by atoms with Crippen molar-refractivity contribution >= 4 is 5.91 Å². The Hall–Kier alpha value is -0.570. The first-order valence-corrected chi connectivity index (χ1v) is 6.99. The van der Waals surface area contributed by atoms with Crippen LogP contribution >= 0.6 is 0 Å². The maximum Gasteiger partial charge on any atom is 0.221 e. The van der Waals surface area contributed by atoms with E-state index in [0.717, 1.165) is 18.8 Å². The summed E-state index contributed by atoms with van der Waals surface area (Å²) in [4.78, 5) is 11.5. The van der Waals surface area contributed by atoms with Crippen LogP contribution in [0.25, 0.3) is 0 Å². The van der Waals surface area contributed by atoms with Gasteiger partial charge in [-0.25, -0.2) is 0 Å². The van der Waals surface area contributed by atoms with Gasteiger partial charge in [0.25, 0.3) is 0 Å². The Bertz CT molecular complexity index is 243. The van der Waals surface area contributed by atoms with Gasteiger partial charge >= 0.3 is 0 Å². The van der Waals surface area contributed by atoms with E-state index in [4.69, 9.17) is 5.73 Å². The Morgan fingerprint density at radius 1 is 1.29 bits per heavy atom. The number of carbonyl (C=O) groups excluding carboxylic acids is 1. The Morgan fingerprint density at radius 2 is 1.88 bits per heavy atom. The molecule has 1 rings (SSSR count). The maximum atomic E-state index is 11.5. The highest BCUT2D eigenvalue weighted by molar-refractivity contribution is 5.76. The molecular weight excluding hydrogens is 212 g/mol. The Balaban J connectivity index is 2.33. The molecule has 0 aliphatic heterocycles. The van der Waals surface area contributed by atoms with Crippen molar-refractivity contribution in [2.75, 3.05) is 6.54 Å². The minimum Gasteiger partial charge on any atom is -0.353 e. The highest BCUT2D eigenvalue weighted by Gasteiger charge is 2.31. The molecule has 0 aromatic carbocycles. The number of rotatable bonds is 5. The summed E-state index contributed by atoms with van der Waals surface area (Å²) in [6, 6.07) is 0.387. The zero-order valence-electron chi connectivity index (χ0n) is 11.6. The first-order valence-electron chi connectivity index (χ1n) is 6.99. The molecule has 0 bridgehead atoms. The average Bonchev–Trinajstić information content (AvgIpc) is 2.30. The lowest BCUT2D eigenvalue weighted by molar-refractivity contribution is -0.121. The molecule has 0 unspecified atom stereocenters. The van der Waals surface area contributed by atoms with E-state index in [-0.39, 0.29) is 5.91 Å². The number of nitrogens with two attached hydrogens (primary N) is 1. The molecule has 3 N–H and O–H groups in total. The van der Waals surface area contributed by atoms with E-state index in [1.54, 1.807) is 0 Å². The summed E-state index contributed by atoms with van der Waals surface area (Å²) in [5, 5.41) is 3.09. The van der Waals surface area contributed by atoms with E-state index in [9.17, 15) is 4.79 Å². The summed E-state index contributed by atoms with van der Waals surface area (Å²) >= 11 is 0. The van der Waals surface area contributed by atoms with Crippen LogP contribution in [-0.2, 0) is 4.79 Å². The molecule has 3 nitrogen and oxygen atoms in total. The second-order valence-corrected chi connectivity index (χ2v) is 6.00. The largest absolute Gasteiger partial charge is 0.353 e. The summed E-state index contributed by atoms with van der Waals surface area (Å²) < 4.78 is 0. The second kappa shape index (κ2) is 6.39. The molecule has 0 aromatic heterocycles. The summed E-state index contributed by atoms with van der Waals surface area (Å²) in [7, 11) is 0. The zero-order valence-corrected chi connectivity index (χ0v) is 11.6. The Labute approximate surface area is 106 Å². The van der Waals surface area contributed by atoms with E-state index in [0.29, 0.717) is 24.4 Å². The van der Waals surface area contributed by atoms with Crippen LogP contribution < -0.4 is 11.1 Å². The van der Waals surface area contributed by atoms with Crippen molar-refractivity contribution in [1.82, 2.24) is 5.32 Å². The van der Waals surface area contributed by atoms with Gasteiger partial charge in [-0.05, 0) is 37.0 Å². The fourth-order valence-corrected chi connectivity index (χ4v) is 2.74. The molecule has 0 spiro atoms. The second-order valence-electron chi connectivity index (χ2n) is 6.00. The van der Waals surface area contributed by atoms with Crippen molar-refractivity contribution in [1.29, 1.82) is 0 Å². The lowest BCUT2D eigenvalue weighted by Gasteiger charge is -2.39. The molecule has 1 aliphatic carbocycles. The van der Waals surface area contributed by atoms with Crippen LogP contribution in [0.2, 0.25) is 0 Å². The molecule has 17 heavy (non-hydrogen) atoms. The van der Waals surface area contributed by atoms with Crippen molar-refractivity contribution < 1.29 is 4.79 Å². The smallest absolute Gasteiger partial charge is 0.221 e. The summed E-state index contributed by atoms with van der Waals surface area (Å²) in [5.74, 6) is 0.931.